The van der Waals surface area contributed by atoms with E-state index in [4.69, 9.17) is 11.6 Å². The van der Waals surface area contributed by atoms with Gasteiger partial charge in [0.05, 0.1) is 0 Å². The first-order valence-corrected chi connectivity index (χ1v) is 8.34. The monoisotopic (exact) mass is 353 g/mol. The second-order valence-corrected chi connectivity index (χ2v) is 6.21. The Bertz CT molecular complexity index is 820. The number of anilines is 1. The summed E-state index contributed by atoms with van der Waals surface area (Å²) in [5.74, 6) is -0.462. The van der Waals surface area contributed by atoms with Crippen LogP contribution in [0.25, 0.3) is 0 Å². The Morgan fingerprint density at radius 3 is 2.60 bits per heavy atom. The zero-order valence-electron chi connectivity index (χ0n) is 14.3. The van der Waals surface area contributed by atoms with E-state index in [-0.39, 0.29) is 5.57 Å². The zero-order chi connectivity index (χ0) is 18.2. The van der Waals surface area contributed by atoms with Gasteiger partial charge in [-0.15, -0.1) is 0 Å². The highest BCUT2D eigenvalue weighted by atomic mass is 35.5. The minimum absolute atomic E-state index is 0.0169. The van der Waals surface area contributed by atoms with E-state index in [0.29, 0.717) is 17.3 Å². The number of nitriles is 1. The minimum atomic E-state index is -0.462. The summed E-state index contributed by atoms with van der Waals surface area (Å²) in [5.41, 5.74) is 3.91. The van der Waals surface area contributed by atoms with Crippen LogP contribution in [0.15, 0.2) is 54.2 Å². The van der Waals surface area contributed by atoms with E-state index in [2.05, 4.69) is 34.9 Å². The number of rotatable bonds is 6. The molecule has 0 bridgehead atoms. The van der Waals surface area contributed by atoms with Crippen LogP contribution < -0.4 is 10.6 Å². The first kappa shape index (κ1) is 18.6. The highest BCUT2D eigenvalue weighted by Crippen LogP contribution is 2.20. The summed E-state index contributed by atoms with van der Waals surface area (Å²) < 4.78 is 0. The van der Waals surface area contributed by atoms with Gasteiger partial charge in [0.25, 0.3) is 5.91 Å². The van der Waals surface area contributed by atoms with E-state index in [0.717, 1.165) is 12.0 Å². The normalized spacial score (nSPS) is 10.9. The van der Waals surface area contributed by atoms with Gasteiger partial charge in [-0.2, -0.15) is 5.26 Å². The van der Waals surface area contributed by atoms with E-state index >= 15 is 0 Å². The van der Waals surface area contributed by atoms with Crippen molar-refractivity contribution in [2.45, 2.75) is 20.3 Å². The van der Waals surface area contributed by atoms with Crippen LogP contribution in [-0.4, -0.2) is 12.5 Å². The molecule has 0 aliphatic carbocycles. The largest absolute Gasteiger partial charge is 0.389 e. The molecule has 2 rings (SSSR count). The molecular formula is C20H20ClN3O. The number of carbonyl (C=O) groups excluding carboxylic acids is 1. The van der Waals surface area contributed by atoms with E-state index in [1.54, 1.807) is 12.1 Å². The number of nitrogens with one attached hydrogen (secondary N) is 2. The maximum atomic E-state index is 12.2. The van der Waals surface area contributed by atoms with Crippen molar-refractivity contribution in [2.75, 3.05) is 11.9 Å². The third-order valence-electron chi connectivity index (χ3n) is 3.74. The zero-order valence-corrected chi connectivity index (χ0v) is 15.0. The summed E-state index contributed by atoms with van der Waals surface area (Å²) in [4.78, 5) is 12.2. The van der Waals surface area contributed by atoms with Gasteiger partial charge in [-0.3, -0.25) is 4.79 Å². The van der Waals surface area contributed by atoms with E-state index < -0.39 is 5.91 Å². The molecule has 25 heavy (non-hydrogen) atoms. The lowest BCUT2D eigenvalue weighted by molar-refractivity contribution is -0.112. The number of hydrogen-bond donors (Lipinski definition) is 2. The van der Waals surface area contributed by atoms with E-state index in [1.807, 2.05) is 26.0 Å². The molecule has 0 unspecified atom stereocenters. The van der Waals surface area contributed by atoms with Gasteiger partial charge in [-0.05, 0) is 43.5 Å². The number of halogens is 1. The van der Waals surface area contributed by atoms with Crippen molar-refractivity contribution in [2.24, 2.45) is 0 Å². The number of aryl methyl sites for hydroxylation is 2. The molecule has 2 N–H and O–H groups in total. The van der Waals surface area contributed by atoms with Crippen molar-refractivity contribution in [3.63, 3.8) is 0 Å². The van der Waals surface area contributed by atoms with Gasteiger partial charge < -0.3 is 10.6 Å². The van der Waals surface area contributed by atoms with Crippen molar-refractivity contribution in [1.29, 1.82) is 5.26 Å². The number of hydrogen-bond acceptors (Lipinski definition) is 3. The average molecular weight is 354 g/mol. The maximum absolute atomic E-state index is 12.2. The Labute approximate surface area is 153 Å². The fourth-order valence-electron chi connectivity index (χ4n) is 2.21. The van der Waals surface area contributed by atoms with E-state index in [9.17, 15) is 10.1 Å². The molecule has 0 aromatic heterocycles. The summed E-state index contributed by atoms with van der Waals surface area (Å²) >= 11 is 5.94. The predicted molar refractivity (Wildman–Crippen MR) is 101 cm³/mol. The van der Waals surface area contributed by atoms with Gasteiger partial charge in [0.1, 0.15) is 11.6 Å². The minimum Gasteiger partial charge on any atom is -0.389 e. The molecule has 4 nitrogen and oxygen atoms in total. The molecule has 0 saturated carbocycles. The van der Waals surface area contributed by atoms with E-state index in [1.165, 1.54) is 17.3 Å². The molecule has 2 aromatic carbocycles. The lowest BCUT2D eigenvalue weighted by atomic mass is 10.1. The average Bonchev–Trinajstić information content (AvgIpc) is 2.59. The van der Waals surface area contributed by atoms with Crippen LogP contribution in [0.1, 0.15) is 16.7 Å². The standard InChI is InChI=1S/C20H20ClN3O/c1-14-3-6-16(7-4-14)9-10-23-13-17(12-22)20(25)24-19-11-18(21)8-5-15(19)2/h3-8,11,13,23H,9-10H2,1-2H3,(H,24,25)/b17-13-. The summed E-state index contributed by atoms with van der Waals surface area (Å²) in [6.07, 6.45) is 2.26. The molecule has 2 aromatic rings. The van der Waals surface area contributed by atoms with Crippen molar-refractivity contribution >= 4 is 23.2 Å². The van der Waals surface area contributed by atoms with Gasteiger partial charge in [-0.1, -0.05) is 47.5 Å². The van der Waals surface area contributed by atoms with Crippen molar-refractivity contribution in [1.82, 2.24) is 5.32 Å². The molecule has 0 spiro atoms. The summed E-state index contributed by atoms with van der Waals surface area (Å²) in [6, 6.07) is 15.4. The fraction of sp³-hybridized carbons (Fsp3) is 0.200. The predicted octanol–water partition coefficient (Wildman–Crippen LogP) is 4.14. The molecule has 0 fully saturated rings. The van der Waals surface area contributed by atoms with Crippen molar-refractivity contribution < 1.29 is 4.79 Å². The smallest absolute Gasteiger partial charge is 0.267 e. The molecule has 5 heteroatoms. The van der Waals surface area contributed by atoms with Crippen LogP contribution in [0.4, 0.5) is 5.69 Å². The van der Waals surface area contributed by atoms with Crippen LogP contribution >= 0.6 is 11.6 Å². The Morgan fingerprint density at radius 2 is 1.92 bits per heavy atom. The molecule has 1 amide bonds. The SMILES string of the molecule is Cc1ccc(CCN/C=C(/C#N)C(=O)Nc2cc(Cl)ccc2C)cc1. The van der Waals surface area contributed by atoms with Gasteiger partial charge in [-0.25, -0.2) is 0 Å². The Hall–Kier alpha value is -2.77. The molecule has 0 saturated heterocycles. The molecule has 0 heterocycles. The molecule has 0 aliphatic rings. The number of amides is 1. The third-order valence-corrected chi connectivity index (χ3v) is 3.97. The highest BCUT2D eigenvalue weighted by Gasteiger charge is 2.10. The quantitative estimate of drug-likeness (QED) is 0.466. The molecule has 0 aliphatic heterocycles. The summed E-state index contributed by atoms with van der Waals surface area (Å²) in [5, 5.41) is 15.5. The van der Waals surface area contributed by atoms with Gasteiger partial charge in [0.15, 0.2) is 0 Å². The Balaban J connectivity index is 1.92. The first-order valence-electron chi connectivity index (χ1n) is 7.96. The van der Waals surface area contributed by atoms with Crippen LogP contribution in [-0.2, 0) is 11.2 Å². The topological polar surface area (TPSA) is 64.9 Å². The van der Waals surface area contributed by atoms with Gasteiger partial charge in [0.2, 0.25) is 0 Å². The van der Waals surface area contributed by atoms with Crippen LogP contribution in [0.3, 0.4) is 0 Å². The second-order valence-electron chi connectivity index (χ2n) is 5.77. The van der Waals surface area contributed by atoms with Crippen LogP contribution in [0.2, 0.25) is 5.02 Å². The van der Waals surface area contributed by atoms with Crippen molar-refractivity contribution in [3.05, 3.63) is 76.0 Å². The third kappa shape index (κ3) is 5.66. The summed E-state index contributed by atoms with van der Waals surface area (Å²) in [6.45, 7) is 4.55. The Morgan fingerprint density at radius 1 is 1.20 bits per heavy atom. The second kappa shape index (κ2) is 8.91. The first-order chi connectivity index (χ1) is 12.0. The van der Waals surface area contributed by atoms with Crippen LogP contribution in [0, 0.1) is 25.2 Å². The Kier molecular flexibility index (Phi) is 6.62. The maximum Gasteiger partial charge on any atom is 0.267 e. The molecule has 0 radical (unpaired) electrons. The molecule has 128 valence electrons. The number of benzene rings is 2. The van der Waals surface area contributed by atoms with Gasteiger partial charge in [0, 0.05) is 23.5 Å². The lowest BCUT2D eigenvalue weighted by Gasteiger charge is -2.08. The molecular weight excluding hydrogens is 334 g/mol. The molecule has 0 atom stereocenters. The lowest BCUT2D eigenvalue weighted by Crippen LogP contribution is -2.18. The number of nitrogens with zero attached hydrogens (tertiary/aromatic N) is 1. The highest BCUT2D eigenvalue weighted by molar-refractivity contribution is 6.31. The van der Waals surface area contributed by atoms with Crippen molar-refractivity contribution in [3.8, 4) is 6.07 Å². The number of carbonyl (C=O) groups is 1. The van der Waals surface area contributed by atoms with Gasteiger partial charge >= 0.3 is 0 Å². The summed E-state index contributed by atoms with van der Waals surface area (Å²) in [7, 11) is 0. The van der Waals surface area contributed by atoms with Crippen LogP contribution in [0.5, 0.6) is 0 Å². The fourth-order valence-corrected chi connectivity index (χ4v) is 2.38.